The van der Waals surface area contributed by atoms with E-state index >= 15 is 0 Å². The second kappa shape index (κ2) is 10.8. The van der Waals surface area contributed by atoms with E-state index in [2.05, 4.69) is 15.2 Å². The number of halogens is 5. The molecule has 0 saturated heterocycles. The normalized spacial score (nSPS) is 12.4. The van der Waals surface area contributed by atoms with E-state index in [1.165, 1.54) is 37.4 Å². The number of nitrogens with zero attached hydrogens (tertiary/aromatic N) is 2. The van der Waals surface area contributed by atoms with E-state index in [1.807, 2.05) is 0 Å². The van der Waals surface area contributed by atoms with Gasteiger partial charge in [-0.2, -0.15) is 18.3 Å². The molecular weight excluding hydrogens is 505 g/mol. The monoisotopic (exact) mass is 527 g/mol. The van der Waals surface area contributed by atoms with Crippen LogP contribution in [0.15, 0.2) is 42.5 Å². The van der Waals surface area contributed by atoms with Gasteiger partial charge in [0, 0.05) is 13.1 Å². The van der Waals surface area contributed by atoms with Gasteiger partial charge in [0.05, 0.1) is 11.6 Å². The number of ether oxygens (including phenoxy) is 2. The molecule has 0 fully saturated rings. The Morgan fingerprint density at radius 3 is 2.41 bits per heavy atom. The number of carbonyl (C=O) groups is 2. The molecule has 8 nitrogen and oxygen atoms in total. The molecule has 2 aromatic carbocycles. The SMILES string of the molecule is Cc1cc(C(C)NC(=O)c2c(C(F)F)nn(C)c2Oc2cccc(OCC(F)(F)F)c2)ccc1C(=O)O. The fourth-order valence-electron chi connectivity index (χ4n) is 3.46. The molecule has 1 unspecified atom stereocenters. The van der Waals surface area contributed by atoms with Gasteiger partial charge in [0.15, 0.2) is 6.61 Å². The van der Waals surface area contributed by atoms with Crippen LogP contribution in [0, 0.1) is 6.92 Å². The number of alkyl halides is 5. The first-order chi connectivity index (χ1) is 17.3. The molecule has 0 aliphatic heterocycles. The third kappa shape index (κ3) is 6.74. The Labute approximate surface area is 207 Å². The largest absolute Gasteiger partial charge is 0.484 e. The third-order valence-corrected chi connectivity index (χ3v) is 5.21. The maximum atomic E-state index is 13.7. The standard InChI is InChI=1S/C24H22F5N3O5/c1-12-9-14(7-8-17(12)23(34)35)13(2)30-21(33)18-19(20(25)26)31-32(3)22(18)37-16-6-4-5-15(10-16)36-11-24(27,28)29/h4-10,13,20H,11H2,1-3H3,(H,30,33)(H,34,35). The number of carbonyl (C=O) groups excluding carboxylic acids is 1. The van der Waals surface area contributed by atoms with Crippen molar-refractivity contribution in [3.8, 4) is 17.4 Å². The number of aryl methyl sites for hydroxylation is 2. The summed E-state index contributed by atoms with van der Waals surface area (Å²) in [5.41, 5.74) is -0.381. The summed E-state index contributed by atoms with van der Waals surface area (Å²) < 4.78 is 76.0. The van der Waals surface area contributed by atoms with E-state index in [4.69, 9.17) is 4.74 Å². The van der Waals surface area contributed by atoms with Gasteiger partial charge in [-0.25, -0.2) is 18.3 Å². The van der Waals surface area contributed by atoms with Crippen molar-refractivity contribution in [2.75, 3.05) is 6.61 Å². The summed E-state index contributed by atoms with van der Waals surface area (Å²) in [5.74, 6) is -2.70. The van der Waals surface area contributed by atoms with Crippen molar-refractivity contribution >= 4 is 11.9 Å². The minimum absolute atomic E-state index is 0.0756. The van der Waals surface area contributed by atoms with Gasteiger partial charge in [-0.15, -0.1) is 0 Å². The lowest BCUT2D eigenvalue weighted by atomic mass is 10.0. The molecule has 0 saturated carbocycles. The summed E-state index contributed by atoms with van der Waals surface area (Å²) in [6, 6.07) is 8.72. The van der Waals surface area contributed by atoms with Gasteiger partial charge in [-0.1, -0.05) is 18.2 Å². The molecule has 0 radical (unpaired) electrons. The van der Waals surface area contributed by atoms with Crippen molar-refractivity contribution in [1.29, 1.82) is 0 Å². The molecule has 1 heterocycles. The molecule has 198 valence electrons. The topological polar surface area (TPSA) is 103 Å². The van der Waals surface area contributed by atoms with Crippen LogP contribution in [0.1, 0.15) is 56.9 Å². The Morgan fingerprint density at radius 2 is 1.81 bits per heavy atom. The molecule has 1 amide bonds. The molecule has 1 aromatic heterocycles. The summed E-state index contributed by atoms with van der Waals surface area (Å²) in [6.45, 7) is 1.61. The van der Waals surface area contributed by atoms with Crippen molar-refractivity contribution in [3.63, 3.8) is 0 Å². The van der Waals surface area contributed by atoms with E-state index in [0.29, 0.717) is 11.1 Å². The van der Waals surface area contributed by atoms with Crippen LogP contribution in [0.3, 0.4) is 0 Å². The Hall–Kier alpha value is -4.16. The number of nitrogens with one attached hydrogen (secondary N) is 1. The fourth-order valence-corrected chi connectivity index (χ4v) is 3.46. The van der Waals surface area contributed by atoms with Gasteiger partial charge in [0.1, 0.15) is 22.8 Å². The molecule has 0 aliphatic rings. The molecule has 13 heteroatoms. The first-order valence-electron chi connectivity index (χ1n) is 10.7. The number of carboxylic acids is 1. The second-order valence-corrected chi connectivity index (χ2v) is 8.05. The van der Waals surface area contributed by atoms with Crippen LogP contribution < -0.4 is 14.8 Å². The highest BCUT2D eigenvalue weighted by Gasteiger charge is 2.31. The molecule has 3 rings (SSSR count). The number of carboxylic acid groups (broad SMARTS) is 1. The zero-order valence-corrected chi connectivity index (χ0v) is 19.8. The van der Waals surface area contributed by atoms with Crippen molar-refractivity contribution < 1.29 is 46.1 Å². The lowest BCUT2D eigenvalue weighted by Crippen LogP contribution is -2.28. The maximum absolute atomic E-state index is 13.7. The Bertz CT molecular complexity index is 1310. The molecule has 2 N–H and O–H groups in total. The highest BCUT2D eigenvalue weighted by Crippen LogP contribution is 2.34. The van der Waals surface area contributed by atoms with Gasteiger partial charge in [0.2, 0.25) is 5.88 Å². The summed E-state index contributed by atoms with van der Waals surface area (Å²) in [7, 11) is 1.26. The smallest absolute Gasteiger partial charge is 0.422 e. The van der Waals surface area contributed by atoms with Gasteiger partial charge >= 0.3 is 12.1 Å². The summed E-state index contributed by atoms with van der Waals surface area (Å²) in [5, 5.41) is 15.4. The number of hydrogen-bond acceptors (Lipinski definition) is 5. The fraction of sp³-hybridized carbons (Fsp3) is 0.292. The predicted molar refractivity (Wildman–Crippen MR) is 120 cm³/mol. The van der Waals surface area contributed by atoms with E-state index in [9.17, 15) is 36.6 Å². The number of aromatic nitrogens is 2. The predicted octanol–water partition coefficient (Wildman–Crippen LogP) is 5.59. The average molecular weight is 527 g/mol. The number of hydrogen-bond donors (Lipinski definition) is 2. The van der Waals surface area contributed by atoms with E-state index in [0.717, 1.165) is 10.7 Å². The lowest BCUT2D eigenvalue weighted by Gasteiger charge is -2.17. The van der Waals surface area contributed by atoms with E-state index in [1.54, 1.807) is 19.9 Å². The average Bonchev–Trinajstić information content (AvgIpc) is 3.13. The lowest BCUT2D eigenvalue weighted by molar-refractivity contribution is -0.153. The van der Waals surface area contributed by atoms with Crippen molar-refractivity contribution in [1.82, 2.24) is 15.1 Å². The van der Waals surface area contributed by atoms with Crippen molar-refractivity contribution in [3.05, 3.63) is 70.4 Å². The molecule has 1 atom stereocenters. The number of aromatic carboxylic acids is 1. The van der Waals surface area contributed by atoms with Crippen molar-refractivity contribution in [2.24, 2.45) is 7.05 Å². The molecule has 0 spiro atoms. The van der Waals surface area contributed by atoms with Crippen LogP contribution in [0.25, 0.3) is 0 Å². The summed E-state index contributed by atoms with van der Waals surface area (Å²) in [4.78, 5) is 24.3. The molecule has 0 bridgehead atoms. The third-order valence-electron chi connectivity index (χ3n) is 5.21. The molecule has 37 heavy (non-hydrogen) atoms. The van der Waals surface area contributed by atoms with Crippen LogP contribution in [-0.4, -0.2) is 39.5 Å². The van der Waals surface area contributed by atoms with E-state index in [-0.39, 0.29) is 22.9 Å². The highest BCUT2D eigenvalue weighted by atomic mass is 19.4. The number of rotatable bonds is 9. The molecule has 3 aromatic rings. The Balaban J connectivity index is 1.88. The van der Waals surface area contributed by atoms with Gasteiger partial charge in [0.25, 0.3) is 12.3 Å². The maximum Gasteiger partial charge on any atom is 0.422 e. The zero-order chi connectivity index (χ0) is 27.5. The van der Waals surface area contributed by atoms with Gasteiger partial charge < -0.3 is 19.9 Å². The van der Waals surface area contributed by atoms with Crippen LogP contribution in [0.2, 0.25) is 0 Å². The van der Waals surface area contributed by atoms with Crippen LogP contribution in [-0.2, 0) is 7.05 Å². The zero-order valence-electron chi connectivity index (χ0n) is 19.8. The first kappa shape index (κ1) is 27.4. The molecule has 0 aliphatic carbocycles. The van der Waals surface area contributed by atoms with Crippen LogP contribution in [0.4, 0.5) is 22.0 Å². The van der Waals surface area contributed by atoms with Gasteiger partial charge in [-0.05, 0) is 43.2 Å². The Morgan fingerprint density at radius 1 is 1.14 bits per heavy atom. The van der Waals surface area contributed by atoms with Crippen LogP contribution in [0.5, 0.6) is 17.4 Å². The van der Waals surface area contributed by atoms with Gasteiger partial charge in [-0.3, -0.25) is 4.79 Å². The van der Waals surface area contributed by atoms with Crippen molar-refractivity contribution in [2.45, 2.75) is 32.5 Å². The van der Waals surface area contributed by atoms with E-state index < -0.39 is 48.4 Å². The summed E-state index contributed by atoms with van der Waals surface area (Å²) >= 11 is 0. The highest BCUT2D eigenvalue weighted by molar-refractivity contribution is 5.98. The van der Waals surface area contributed by atoms with Crippen LogP contribution >= 0.6 is 0 Å². The summed E-state index contributed by atoms with van der Waals surface area (Å²) in [6.07, 6.45) is -7.71. The minimum atomic E-state index is -4.57. The number of amides is 1. The number of benzene rings is 2. The first-order valence-corrected chi connectivity index (χ1v) is 10.7. The quantitative estimate of drug-likeness (QED) is 0.352. The second-order valence-electron chi connectivity index (χ2n) is 8.05. The molecular formula is C24H22F5N3O5. The minimum Gasteiger partial charge on any atom is -0.484 e. The Kier molecular flexibility index (Phi) is 8.04.